The van der Waals surface area contributed by atoms with Crippen molar-refractivity contribution in [1.29, 1.82) is 0 Å². The molecule has 0 aromatic heterocycles. The molecular formula is C26H32N2O4S. The highest BCUT2D eigenvalue weighted by Gasteiger charge is 2.37. The first kappa shape index (κ1) is 23.5. The fraction of sp³-hybridized carbons (Fsp3) is 0.462. The van der Waals surface area contributed by atoms with Crippen molar-refractivity contribution in [2.75, 3.05) is 10.6 Å². The Morgan fingerprint density at radius 1 is 0.636 bits per heavy atom. The molecule has 0 radical (unpaired) electrons. The molecule has 0 unspecified atom stereocenters. The van der Waals surface area contributed by atoms with E-state index in [-0.39, 0.29) is 32.4 Å². The van der Waals surface area contributed by atoms with Gasteiger partial charge in [0.15, 0.2) is 0 Å². The van der Waals surface area contributed by atoms with E-state index in [0.29, 0.717) is 11.4 Å². The molecule has 2 aliphatic carbocycles. The van der Waals surface area contributed by atoms with Crippen LogP contribution in [0.15, 0.2) is 58.3 Å². The van der Waals surface area contributed by atoms with Gasteiger partial charge in [-0.1, -0.05) is 39.5 Å². The molecule has 2 aliphatic rings. The normalized spacial score (nSPS) is 19.2. The summed E-state index contributed by atoms with van der Waals surface area (Å²) in [6, 6.07) is 12.5. The number of amides is 2. The molecule has 0 spiro atoms. The van der Waals surface area contributed by atoms with Crippen LogP contribution in [0.2, 0.25) is 0 Å². The van der Waals surface area contributed by atoms with Crippen LogP contribution < -0.4 is 10.6 Å². The van der Waals surface area contributed by atoms with Gasteiger partial charge in [0.25, 0.3) is 0 Å². The zero-order valence-electron chi connectivity index (χ0n) is 19.3. The summed E-state index contributed by atoms with van der Waals surface area (Å²) in [5.74, 6) is -0.0283. The smallest absolute Gasteiger partial charge is 0.230 e. The minimum atomic E-state index is -3.71. The number of nitrogens with one attached hydrogen (secondary N) is 2. The maximum atomic E-state index is 13.0. The zero-order valence-corrected chi connectivity index (χ0v) is 20.1. The molecule has 0 aliphatic heterocycles. The van der Waals surface area contributed by atoms with Crippen LogP contribution in [-0.4, -0.2) is 20.2 Å². The van der Waals surface area contributed by atoms with Crippen LogP contribution in [0.1, 0.15) is 65.2 Å². The zero-order chi connectivity index (χ0) is 23.7. The number of hydrogen-bond acceptors (Lipinski definition) is 4. The first-order chi connectivity index (χ1) is 15.6. The van der Waals surface area contributed by atoms with E-state index >= 15 is 0 Å². The molecule has 2 fully saturated rings. The third-order valence-electron chi connectivity index (χ3n) is 7.36. The molecular weight excluding hydrogens is 436 g/mol. The highest BCUT2D eigenvalue weighted by Crippen LogP contribution is 2.39. The molecule has 2 amide bonds. The second-order valence-corrected chi connectivity index (χ2v) is 11.9. The van der Waals surface area contributed by atoms with Crippen LogP contribution in [0.4, 0.5) is 11.4 Å². The Kier molecular flexibility index (Phi) is 6.36. The minimum absolute atomic E-state index is 0.0142. The second-order valence-electron chi connectivity index (χ2n) is 10.00. The fourth-order valence-electron chi connectivity index (χ4n) is 4.90. The number of benzene rings is 2. The van der Waals surface area contributed by atoms with E-state index in [2.05, 4.69) is 10.6 Å². The molecule has 0 atom stereocenters. The van der Waals surface area contributed by atoms with Crippen LogP contribution in [0.5, 0.6) is 0 Å². The van der Waals surface area contributed by atoms with Crippen molar-refractivity contribution in [3.63, 3.8) is 0 Å². The Labute approximate surface area is 196 Å². The SMILES string of the molecule is CC1(C(=O)Nc2ccc(S(=O)(=O)c3ccc(NC(=O)C4(C)CCCC4)cc3)cc2)CCCC1. The number of anilines is 2. The standard InChI is InChI=1S/C26H32N2O4S/c1-25(15-3-4-16-25)23(29)27-19-7-11-21(12-8-19)33(31,32)22-13-9-20(10-14-22)28-24(30)26(2)17-5-6-18-26/h7-14H,3-6,15-18H2,1-2H3,(H,27,29)(H,28,30). The van der Waals surface area contributed by atoms with E-state index in [0.717, 1.165) is 51.4 Å². The lowest BCUT2D eigenvalue weighted by molar-refractivity contribution is -0.125. The highest BCUT2D eigenvalue weighted by molar-refractivity contribution is 7.91. The van der Waals surface area contributed by atoms with Crippen molar-refractivity contribution in [3.05, 3.63) is 48.5 Å². The van der Waals surface area contributed by atoms with Gasteiger partial charge in [0.05, 0.1) is 9.79 Å². The van der Waals surface area contributed by atoms with Gasteiger partial charge in [-0.2, -0.15) is 0 Å². The molecule has 176 valence electrons. The van der Waals surface area contributed by atoms with E-state index in [4.69, 9.17) is 0 Å². The van der Waals surface area contributed by atoms with Gasteiger partial charge in [-0.05, 0) is 74.2 Å². The molecule has 0 heterocycles. The van der Waals surface area contributed by atoms with Crippen LogP contribution in [0, 0.1) is 10.8 Å². The van der Waals surface area contributed by atoms with E-state index in [1.54, 1.807) is 24.3 Å². The lowest BCUT2D eigenvalue weighted by Crippen LogP contribution is -2.30. The van der Waals surface area contributed by atoms with Crippen molar-refractivity contribution < 1.29 is 18.0 Å². The molecule has 2 aromatic rings. The Bertz CT molecular complexity index is 1040. The summed E-state index contributed by atoms with van der Waals surface area (Å²) in [6.07, 6.45) is 7.74. The molecule has 33 heavy (non-hydrogen) atoms. The van der Waals surface area contributed by atoms with Crippen LogP contribution >= 0.6 is 0 Å². The van der Waals surface area contributed by atoms with Crippen LogP contribution in [0.3, 0.4) is 0 Å². The Hall–Kier alpha value is -2.67. The molecule has 2 aromatic carbocycles. The summed E-state index contributed by atoms with van der Waals surface area (Å²) >= 11 is 0. The van der Waals surface area contributed by atoms with E-state index in [1.165, 1.54) is 24.3 Å². The van der Waals surface area contributed by atoms with Crippen LogP contribution in [-0.2, 0) is 19.4 Å². The highest BCUT2D eigenvalue weighted by atomic mass is 32.2. The summed E-state index contributed by atoms with van der Waals surface area (Å²) in [4.78, 5) is 25.5. The van der Waals surface area contributed by atoms with Gasteiger partial charge in [0.2, 0.25) is 21.7 Å². The summed E-state index contributed by atoms with van der Waals surface area (Å²) in [5, 5.41) is 5.84. The first-order valence-corrected chi connectivity index (χ1v) is 13.2. The van der Waals surface area contributed by atoms with Gasteiger partial charge in [-0.25, -0.2) is 8.42 Å². The van der Waals surface area contributed by atoms with Crippen molar-refractivity contribution >= 4 is 33.0 Å². The van der Waals surface area contributed by atoms with E-state index in [9.17, 15) is 18.0 Å². The van der Waals surface area contributed by atoms with Crippen LogP contribution in [0.25, 0.3) is 0 Å². The molecule has 2 saturated carbocycles. The number of carbonyl (C=O) groups excluding carboxylic acids is 2. The largest absolute Gasteiger partial charge is 0.326 e. The molecule has 6 nitrogen and oxygen atoms in total. The maximum Gasteiger partial charge on any atom is 0.230 e. The average molecular weight is 469 g/mol. The number of hydrogen-bond donors (Lipinski definition) is 2. The van der Waals surface area contributed by atoms with Crippen molar-refractivity contribution in [2.24, 2.45) is 10.8 Å². The summed E-state index contributed by atoms with van der Waals surface area (Å²) in [6.45, 7) is 3.96. The predicted molar refractivity (Wildman–Crippen MR) is 129 cm³/mol. The number of carbonyl (C=O) groups is 2. The van der Waals surface area contributed by atoms with Gasteiger partial charge < -0.3 is 10.6 Å². The Balaban J connectivity index is 1.43. The lowest BCUT2D eigenvalue weighted by Gasteiger charge is -2.22. The van der Waals surface area contributed by atoms with Crippen molar-refractivity contribution in [1.82, 2.24) is 0 Å². The monoisotopic (exact) mass is 468 g/mol. The Morgan fingerprint density at radius 2 is 0.939 bits per heavy atom. The number of rotatable bonds is 6. The molecule has 0 saturated heterocycles. The van der Waals surface area contributed by atoms with Gasteiger partial charge in [-0.15, -0.1) is 0 Å². The van der Waals surface area contributed by atoms with Gasteiger partial charge >= 0.3 is 0 Å². The van der Waals surface area contributed by atoms with Crippen molar-refractivity contribution in [2.45, 2.75) is 75.0 Å². The summed E-state index contributed by atoms with van der Waals surface area (Å²) < 4.78 is 26.1. The molecule has 7 heteroatoms. The van der Waals surface area contributed by atoms with Gasteiger partial charge in [-0.3, -0.25) is 9.59 Å². The first-order valence-electron chi connectivity index (χ1n) is 11.7. The van der Waals surface area contributed by atoms with Gasteiger partial charge in [0.1, 0.15) is 0 Å². The summed E-state index contributed by atoms with van der Waals surface area (Å²) in [7, 11) is -3.71. The molecule has 0 bridgehead atoms. The molecule has 2 N–H and O–H groups in total. The van der Waals surface area contributed by atoms with E-state index in [1.807, 2.05) is 13.8 Å². The predicted octanol–water partition coefficient (Wildman–Crippen LogP) is 5.56. The Morgan fingerprint density at radius 3 is 1.24 bits per heavy atom. The summed E-state index contributed by atoms with van der Waals surface area (Å²) in [5.41, 5.74) is 0.477. The lowest BCUT2D eigenvalue weighted by atomic mass is 9.88. The minimum Gasteiger partial charge on any atom is -0.326 e. The van der Waals surface area contributed by atoms with E-state index < -0.39 is 9.84 Å². The topological polar surface area (TPSA) is 92.3 Å². The third-order valence-corrected chi connectivity index (χ3v) is 9.14. The molecule has 4 rings (SSSR count). The third kappa shape index (κ3) is 4.83. The van der Waals surface area contributed by atoms with Crippen molar-refractivity contribution in [3.8, 4) is 0 Å². The quantitative estimate of drug-likeness (QED) is 0.581. The number of sulfone groups is 1. The maximum absolute atomic E-state index is 13.0. The average Bonchev–Trinajstić information content (AvgIpc) is 3.45. The second kappa shape index (κ2) is 8.93. The van der Waals surface area contributed by atoms with Gasteiger partial charge in [0, 0.05) is 22.2 Å². The fourth-order valence-corrected chi connectivity index (χ4v) is 6.16.